The zero-order valence-corrected chi connectivity index (χ0v) is 12.0. The zero-order chi connectivity index (χ0) is 13.5. The van der Waals surface area contributed by atoms with Crippen molar-refractivity contribution in [1.29, 1.82) is 0 Å². The summed E-state index contributed by atoms with van der Waals surface area (Å²) in [5.41, 5.74) is -0.567. The van der Waals surface area contributed by atoms with Crippen molar-refractivity contribution >= 4 is 5.97 Å². The molecule has 0 aromatic carbocycles. The highest BCUT2D eigenvalue weighted by Crippen LogP contribution is 2.43. The molecular weight excluding hydrogens is 240 g/mol. The van der Waals surface area contributed by atoms with Crippen molar-refractivity contribution in [3.63, 3.8) is 0 Å². The Balaban J connectivity index is 1.85. The number of carbonyl (C=O) groups is 1. The Labute approximate surface area is 115 Å². The average Bonchev–Trinajstić information content (AvgIpc) is 2.68. The van der Waals surface area contributed by atoms with Crippen molar-refractivity contribution < 1.29 is 9.90 Å². The minimum absolute atomic E-state index is 0.484. The van der Waals surface area contributed by atoms with Gasteiger partial charge in [-0.3, -0.25) is 9.69 Å². The third-order valence-corrected chi connectivity index (χ3v) is 5.74. The van der Waals surface area contributed by atoms with Gasteiger partial charge >= 0.3 is 5.97 Å². The molecule has 3 rings (SSSR count). The van der Waals surface area contributed by atoms with Gasteiger partial charge in [-0.15, -0.1) is 0 Å². The summed E-state index contributed by atoms with van der Waals surface area (Å²) in [6.45, 7) is 1.96. The van der Waals surface area contributed by atoms with Crippen LogP contribution in [0.3, 0.4) is 0 Å². The summed E-state index contributed by atoms with van der Waals surface area (Å²) < 4.78 is 0. The van der Waals surface area contributed by atoms with E-state index in [1.165, 1.54) is 38.5 Å². The lowest BCUT2D eigenvalue weighted by Crippen LogP contribution is -2.62. The molecule has 4 heteroatoms. The Kier molecular flexibility index (Phi) is 3.56. The third-order valence-electron chi connectivity index (χ3n) is 5.74. The number of carboxylic acids is 1. The molecule has 3 aliphatic heterocycles. The molecule has 0 radical (unpaired) electrons. The first kappa shape index (κ1) is 13.4. The molecule has 0 saturated carbocycles. The fourth-order valence-corrected chi connectivity index (χ4v) is 4.51. The standard InChI is InChI=1S/C15H26N2O2/c1-16-12-6-7-13(16)11-15(10-12,14(18)19)17-8-4-2-3-5-9-17/h12-13H,2-11H2,1H3,(H,18,19). The predicted octanol–water partition coefficient (Wildman–Crippen LogP) is 1.94. The Hall–Kier alpha value is -0.610. The first-order valence-electron chi connectivity index (χ1n) is 7.84. The minimum Gasteiger partial charge on any atom is -0.480 e. The maximum Gasteiger partial charge on any atom is 0.324 e. The van der Waals surface area contributed by atoms with Crippen LogP contribution in [0, 0.1) is 0 Å². The molecule has 0 aromatic rings. The summed E-state index contributed by atoms with van der Waals surface area (Å²) in [6.07, 6.45) is 8.89. The number of carboxylic acid groups (broad SMARTS) is 1. The Morgan fingerprint density at radius 3 is 2.05 bits per heavy atom. The summed E-state index contributed by atoms with van der Waals surface area (Å²) in [5, 5.41) is 9.92. The van der Waals surface area contributed by atoms with Crippen molar-refractivity contribution in [2.45, 2.75) is 69.0 Å². The van der Waals surface area contributed by atoms with Crippen LogP contribution >= 0.6 is 0 Å². The molecule has 3 aliphatic rings. The number of piperidine rings is 1. The number of hydrogen-bond acceptors (Lipinski definition) is 3. The Morgan fingerprint density at radius 2 is 1.58 bits per heavy atom. The molecule has 3 heterocycles. The first-order chi connectivity index (χ1) is 9.13. The molecule has 0 spiro atoms. The van der Waals surface area contributed by atoms with E-state index in [-0.39, 0.29) is 0 Å². The van der Waals surface area contributed by atoms with Gasteiger partial charge in [0.15, 0.2) is 0 Å². The summed E-state index contributed by atoms with van der Waals surface area (Å²) in [7, 11) is 2.18. The van der Waals surface area contributed by atoms with Crippen molar-refractivity contribution in [2.24, 2.45) is 0 Å². The molecule has 108 valence electrons. The summed E-state index contributed by atoms with van der Waals surface area (Å²) in [4.78, 5) is 16.8. The van der Waals surface area contributed by atoms with Crippen LogP contribution in [0.5, 0.6) is 0 Å². The lowest BCUT2D eigenvalue weighted by atomic mass is 9.81. The molecule has 2 atom stereocenters. The van der Waals surface area contributed by atoms with E-state index in [1.807, 2.05) is 0 Å². The predicted molar refractivity (Wildman–Crippen MR) is 74.2 cm³/mol. The number of likely N-dealkylation sites (tertiary alicyclic amines) is 1. The van der Waals surface area contributed by atoms with Crippen LogP contribution < -0.4 is 0 Å². The van der Waals surface area contributed by atoms with Crippen LogP contribution in [0.25, 0.3) is 0 Å². The Morgan fingerprint density at radius 1 is 1.05 bits per heavy atom. The van der Waals surface area contributed by atoms with Crippen LogP contribution in [0.2, 0.25) is 0 Å². The molecule has 3 fully saturated rings. The van der Waals surface area contributed by atoms with E-state index in [1.54, 1.807) is 0 Å². The quantitative estimate of drug-likeness (QED) is 0.829. The number of aliphatic carboxylic acids is 1. The van der Waals surface area contributed by atoms with E-state index in [0.717, 1.165) is 25.9 Å². The van der Waals surface area contributed by atoms with Crippen LogP contribution in [-0.4, -0.2) is 58.6 Å². The lowest BCUT2D eigenvalue weighted by molar-refractivity contribution is -0.157. The van der Waals surface area contributed by atoms with E-state index >= 15 is 0 Å². The second kappa shape index (κ2) is 5.06. The molecule has 1 N–H and O–H groups in total. The molecule has 2 unspecified atom stereocenters. The van der Waals surface area contributed by atoms with Crippen molar-refractivity contribution in [2.75, 3.05) is 20.1 Å². The van der Waals surface area contributed by atoms with Gasteiger partial charge in [-0.25, -0.2) is 0 Å². The average molecular weight is 266 g/mol. The first-order valence-corrected chi connectivity index (χ1v) is 7.84. The molecule has 4 nitrogen and oxygen atoms in total. The molecule has 2 bridgehead atoms. The maximum atomic E-state index is 12.1. The van der Waals surface area contributed by atoms with Gasteiger partial charge in [-0.2, -0.15) is 0 Å². The van der Waals surface area contributed by atoms with Crippen molar-refractivity contribution in [1.82, 2.24) is 9.80 Å². The van der Waals surface area contributed by atoms with E-state index in [9.17, 15) is 9.90 Å². The molecular formula is C15H26N2O2. The van der Waals surface area contributed by atoms with Gasteiger partial charge < -0.3 is 10.0 Å². The third kappa shape index (κ3) is 2.19. The van der Waals surface area contributed by atoms with Gasteiger partial charge in [0.05, 0.1) is 0 Å². The van der Waals surface area contributed by atoms with Crippen molar-refractivity contribution in [3.8, 4) is 0 Å². The van der Waals surface area contributed by atoms with Crippen LogP contribution in [0.1, 0.15) is 51.4 Å². The molecule has 19 heavy (non-hydrogen) atoms. The van der Waals surface area contributed by atoms with E-state index < -0.39 is 11.5 Å². The number of rotatable bonds is 2. The SMILES string of the molecule is CN1C2CCC1CC(C(=O)O)(N1CCCCCC1)C2. The van der Waals surface area contributed by atoms with Gasteiger partial charge in [0, 0.05) is 12.1 Å². The minimum atomic E-state index is -0.570. The van der Waals surface area contributed by atoms with Gasteiger partial charge in [-0.05, 0) is 58.7 Å². The van der Waals surface area contributed by atoms with E-state index in [4.69, 9.17) is 0 Å². The maximum absolute atomic E-state index is 12.1. The number of nitrogens with zero attached hydrogens (tertiary/aromatic N) is 2. The van der Waals surface area contributed by atoms with Crippen LogP contribution in [0.4, 0.5) is 0 Å². The monoisotopic (exact) mass is 266 g/mol. The van der Waals surface area contributed by atoms with Gasteiger partial charge in [-0.1, -0.05) is 12.8 Å². The summed E-state index contributed by atoms with van der Waals surface area (Å²) in [6, 6.07) is 0.969. The fourth-order valence-electron chi connectivity index (χ4n) is 4.51. The van der Waals surface area contributed by atoms with Gasteiger partial charge in [0.1, 0.15) is 5.54 Å². The van der Waals surface area contributed by atoms with Gasteiger partial charge in [0.25, 0.3) is 0 Å². The molecule has 0 aliphatic carbocycles. The Bertz CT molecular complexity index is 336. The normalized spacial score (nSPS) is 41.1. The van der Waals surface area contributed by atoms with Crippen molar-refractivity contribution in [3.05, 3.63) is 0 Å². The smallest absolute Gasteiger partial charge is 0.324 e. The van der Waals surface area contributed by atoms with Gasteiger partial charge in [0.2, 0.25) is 0 Å². The zero-order valence-electron chi connectivity index (χ0n) is 12.0. The van der Waals surface area contributed by atoms with Crippen LogP contribution in [0.15, 0.2) is 0 Å². The fraction of sp³-hybridized carbons (Fsp3) is 0.933. The summed E-state index contributed by atoms with van der Waals surface area (Å²) in [5.74, 6) is -0.570. The second-order valence-electron chi connectivity index (χ2n) is 6.70. The van der Waals surface area contributed by atoms with Crippen LogP contribution in [-0.2, 0) is 4.79 Å². The number of hydrogen-bond donors (Lipinski definition) is 1. The second-order valence-corrected chi connectivity index (χ2v) is 6.70. The topological polar surface area (TPSA) is 43.8 Å². The summed E-state index contributed by atoms with van der Waals surface area (Å²) >= 11 is 0. The highest BCUT2D eigenvalue weighted by molar-refractivity contribution is 5.79. The largest absolute Gasteiger partial charge is 0.480 e. The van der Waals surface area contributed by atoms with E-state index in [2.05, 4.69) is 16.8 Å². The molecule has 0 amide bonds. The lowest BCUT2D eigenvalue weighted by Gasteiger charge is -2.48. The highest BCUT2D eigenvalue weighted by atomic mass is 16.4. The highest BCUT2D eigenvalue weighted by Gasteiger charge is 2.54. The van der Waals surface area contributed by atoms with E-state index in [0.29, 0.717) is 12.1 Å². The molecule has 0 aromatic heterocycles. The molecule has 3 saturated heterocycles. The number of fused-ring (bicyclic) bond motifs is 2.